The number of carbonyl (C=O) groups is 2. The molecule has 30 heavy (non-hydrogen) atoms. The molecule has 0 aliphatic heterocycles. The monoisotopic (exact) mass is 441 g/mol. The molecule has 2 amide bonds. The molecule has 0 saturated carbocycles. The van der Waals surface area contributed by atoms with Crippen LogP contribution in [0.3, 0.4) is 0 Å². The van der Waals surface area contributed by atoms with Crippen molar-refractivity contribution < 1.29 is 14.5 Å². The van der Waals surface area contributed by atoms with E-state index in [-0.39, 0.29) is 23.3 Å². The van der Waals surface area contributed by atoms with E-state index in [1.54, 1.807) is 42.5 Å². The van der Waals surface area contributed by atoms with Crippen LogP contribution < -0.4 is 10.6 Å². The molecule has 9 heteroatoms. The van der Waals surface area contributed by atoms with Crippen LogP contribution in [-0.4, -0.2) is 22.5 Å². The van der Waals surface area contributed by atoms with Gasteiger partial charge in [0.05, 0.1) is 10.7 Å². The predicted molar refractivity (Wildman–Crippen MR) is 118 cm³/mol. The Labute approximate surface area is 181 Å². The Morgan fingerprint density at radius 3 is 2.37 bits per heavy atom. The molecule has 2 N–H and O–H groups in total. The second-order valence-electron chi connectivity index (χ2n) is 6.13. The van der Waals surface area contributed by atoms with Crippen LogP contribution in [0.4, 0.5) is 17.1 Å². The zero-order chi connectivity index (χ0) is 21.5. The Balaban J connectivity index is 1.55. The van der Waals surface area contributed by atoms with E-state index in [1.807, 2.05) is 6.07 Å². The van der Waals surface area contributed by atoms with Crippen molar-refractivity contribution in [1.29, 1.82) is 0 Å². The molecule has 3 aromatic carbocycles. The smallest absolute Gasteiger partial charge is 0.269 e. The fraction of sp³-hybridized carbons (Fsp3) is 0.0476. The Morgan fingerprint density at radius 1 is 0.933 bits per heavy atom. The summed E-state index contributed by atoms with van der Waals surface area (Å²) >= 11 is 7.22. The minimum absolute atomic E-state index is 0.0426. The van der Waals surface area contributed by atoms with E-state index in [4.69, 9.17) is 11.6 Å². The average molecular weight is 442 g/mol. The first-order valence-corrected chi connectivity index (χ1v) is 10.1. The van der Waals surface area contributed by atoms with Crippen LogP contribution in [0, 0.1) is 10.1 Å². The zero-order valence-electron chi connectivity index (χ0n) is 15.5. The largest absolute Gasteiger partial charge is 0.325 e. The number of anilines is 2. The molecule has 7 nitrogen and oxygen atoms in total. The molecule has 152 valence electrons. The molecule has 0 spiro atoms. The van der Waals surface area contributed by atoms with Gasteiger partial charge >= 0.3 is 0 Å². The predicted octanol–water partition coefficient (Wildman–Crippen LogP) is 5.23. The van der Waals surface area contributed by atoms with Gasteiger partial charge in [0.2, 0.25) is 5.91 Å². The maximum absolute atomic E-state index is 12.3. The number of carbonyl (C=O) groups excluding carboxylic acids is 2. The van der Waals surface area contributed by atoms with Crippen molar-refractivity contribution in [3.8, 4) is 0 Å². The van der Waals surface area contributed by atoms with Crippen molar-refractivity contribution >= 4 is 52.2 Å². The Bertz CT molecular complexity index is 1090. The van der Waals surface area contributed by atoms with Gasteiger partial charge in [-0.15, -0.1) is 11.8 Å². The van der Waals surface area contributed by atoms with Crippen LogP contribution in [0.25, 0.3) is 0 Å². The van der Waals surface area contributed by atoms with Crippen molar-refractivity contribution in [2.24, 2.45) is 0 Å². The third-order valence-corrected chi connectivity index (χ3v) is 5.14. The lowest BCUT2D eigenvalue weighted by Gasteiger charge is -2.08. The molecule has 0 radical (unpaired) electrons. The minimum Gasteiger partial charge on any atom is -0.325 e. The standard InChI is InChI=1S/C21H16ClN3O4S/c22-15-4-1-3-14(11-15)21(27)24-17-5-2-6-19(12-17)30-13-20(26)23-16-7-9-18(10-8-16)25(28)29/h1-12H,13H2,(H,23,26)(H,24,27). The third-order valence-electron chi connectivity index (χ3n) is 3.91. The summed E-state index contributed by atoms with van der Waals surface area (Å²) in [6.45, 7) is 0. The van der Waals surface area contributed by atoms with Crippen LogP contribution >= 0.6 is 23.4 Å². The number of thioether (sulfide) groups is 1. The number of nitro benzene ring substituents is 1. The van der Waals surface area contributed by atoms with E-state index in [0.29, 0.717) is 22.0 Å². The van der Waals surface area contributed by atoms with E-state index >= 15 is 0 Å². The van der Waals surface area contributed by atoms with E-state index < -0.39 is 4.92 Å². The highest BCUT2D eigenvalue weighted by molar-refractivity contribution is 8.00. The molecule has 0 aromatic heterocycles. The Hall–Kier alpha value is -3.36. The van der Waals surface area contributed by atoms with Gasteiger partial charge < -0.3 is 10.6 Å². The maximum Gasteiger partial charge on any atom is 0.269 e. The van der Waals surface area contributed by atoms with E-state index in [0.717, 1.165) is 4.90 Å². The zero-order valence-corrected chi connectivity index (χ0v) is 17.1. The van der Waals surface area contributed by atoms with Gasteiger partial charge in [0.1, 0.15) is 0 Å². The van der Waals surface area contributed by atoms with Gasteiger partial charge in [-0.2, -0.15) is 0 Å². The van der Waals surface area contributed by atoms with Gasteiger partial charge in [-0.05, 0) is 48.5 Å². The molecule has 3 aromatic rings. The van der Waals surface area contributed by atoms with Crippen LogP contribution in [0.5, 0.6) is 0 Å². The summed E-state index contributed by atoms with van der Waals surface area (Å²) in [6, 6.07) is 19.4. The summed E-state index contributed by atoms with van der Waals surface area (Å²) in [5.41, 5.74) is 1.48. The summed E-state index contributed by atoms with van der Waals surface area (Å²) in [4.78, 5) is 35.4. The number of amides is 2. The molecule has 0 saturated heterocycles. The van der Waals surface area contributed by atoms with Crippen molar-refractivity contribution in [3.05, 3.63) is 93.5 Å². The summed E-state index contributed by atoms with van der Waals surface area (Å²) < 4.78 is 0. The lowest BCUT2D eigenvalue weighted by Crippen LogP contribution is -2.14. The third kappa shape index (κ3) is 6.07. The van der Waals surface area contributed by atoms with E-state index in [9.17, 15) is 19.7 Å². The second-order valence-corrected chi connectivity index (χ2v) is 7.62. The number of benzene rings is 3. The van der Waals surface area contributed by atoms with Crippen molar-refractivity contribution in [1.82, 2.24) is 0 Å². The number of halogens is 1. The summed E-state index contributed by atoms with van der Waals surface area (Å²) in [6.07, 6.45) is 0. The van der Waals surface area contributed by atoms with E-state index in [2.05, 4.69) is 10.6 Å². The SMILES string of the molecule is O=C(CSc1cccc(NC(=O)c2cccc(Cl)c2)c1)Nc1ccc([N+](=O)[O-])cc1. The van der Waals surface area contributed by atoms with Crippen LogP contribution in [0.15, 0.2) is 77.7 Å². The molecular formula is C21H16ClN3O4S. The van der Waals surface area contributed by atoms with Gasteiger partial charge in [-0.3, -0.25) is 19.7 Å². The van der Waals surface area contributed by atoms with Gasteiger partial charge in [0.15, 0.2) is 0 Å². The molecule has 0 bridgehead atoms. The van der Waals surface area contributed by atoms with Gasteiger partial charge in [0.25, 0.3) is 11.6 Å². The van der Waals surface area contributed by atoms with Gasteiger partial charge in [-0.1, -0.05) is 23.7 Å². The highest BCUT2D eigenvalue weighted by atomic mass is 35.5. The summed E-state index contributed by atoms with van der Waals surface area (Å²) in [5, 5.41) is 16.6. The molecule has 0 atom stereocenters. The number of hydrogen-bond donors (Lipinski definition) is 2. The first kappa shape index (κ1) is 21.4. The first-order chi connectivity index (χ1) is 14.4. The van der Waals surface area contributed by atoms with Gasteiger partial charge in [0, 0.05) is 39.0 Å². The fourth-order valence-electron chi connectivity index (χ4n) is 2.51. The number of nitrogens with one attached hydrogen (secondary N) is 2. The Morgan fingerprint density at radius 2 is 1.67 bits per heavy atom. The van der Waals surface area contributed by atoms with Crippen molar-refractivity contribution in [2.45, 2.75) is 4.90 Å². The molecule has 0 fully saturated rings. The Kier molecular flexibility index (Phi) is 7.05. The second kappa shape index (κ2) is 9.91. The molecule has 0 unspecified atom stereocenters. The highest BCUT2D eigenvalue weighted by Gasteiger charge is 2.09. The quantitative estimate of drug-likeness (QED) is 0.297. The summed E-state index contributed by atoms with van der Waals surface area (Å²) in [7, 11) is 0. The molecule has 0 heterocycles. The first-order valence-electron chi connectivity index (χ1n) is 8.75. The summed E-state index contributed by atoms with van der Waals surface area (Å²) in [5.74, 6) is -0.388. The van der Waals surface area contributed by atoms with Crippen molar-refractivity contribution in [2.75, 3.05) is 16.4 Å². The number of non-ortho nitro benzene ring substituents is 1. The average Bonchev–Trinajstić information content (AvgIpc) is 2.73. The lowest BCUT2D eigenvalue weighted by molar-refractivity contribution is -0.384. The van der Waals surface area contributed by atoms with Crippen molar-refractivity contribution in [3.63, 3.8) is 0 Å². The highest BCUT2D eigenvalue weighted by Crippen LogP contribution is 2.23. The number of rotatable bonds is 7. The molecular weight excluding hydrogens is 426 g/mol. The number of nitro groups is 1. The molecule has 0 aliphatic rings. The van der Waals surface area contributed by atoms with E-state index in [1.165, 1.54) is 36.0 Å². The van der Waals surface area contributed by atoms with Crippen LogP contribution in [-0.2, 0) is 4.79 Å². The van der Waals surface area contributed by atoms with Crippen LogP contribution in [0.2, 0.25) is 5.02 Å². The molecule has 3 rings (SSSR count). The normalized spacial score (nSPS) is 10.3. The topological polar surface area (TPSA) is 101 Å². The van der Waals surface area contributed by atoms with Crippen LogP contribution in [0.1, 0.15) is 10.4 Å². The lowest BCUT2D eigenvalue weighted by atomic mass is 10.2. The number of nitrogens with zero attached hydrogens (tertiary/aromatic N) is 1. The maximum atomic E-state index is 12.3. The molecule has 0 aliphatic carbocycles. The number of hydrogen-bond acceptors (Lipinski definition) is 5. The fourth-order valence-corrected chi connectivity index (χ4v) is 3.45. The minimum atomic E-state index is -0.500. The van der Waals surface area contributed by atoms with Gasteiger partial charge in [-0.25, -0.2) is 0 Å².